The summed E-state index contributed by atoms with van der Waals surface area (Å²) in [6.07, 6.45) is 1.69. The number of benzene rings is 2. The number of nitrogens with zero attached hydrogens (tertiary/aromatic N) is 4. The molecule has 10 heteroatoms. The van der Waals surface area contributed by atoms with Gasteiger partial charge in [0.25, 0.3) is 11.5 Å². The number of H-pyrrole nitrogens is 1. The number of fused-ring (bicyclic) bond motifs is 1. The minimum atomic E-state index is -0.595. The number of hydrogen-bond donors (Lipinski definition) is 2. The number of rotatable bonds is 8. The number of nitrogens with one attached hydrogen (secondary N) is 2. The molecule has 1 atom stereocenters. The van der Waals surface area contributed by atoms with E-state index in [0.29, 0.717) is 40.0 Å². The maximum absolute atomic E-state index is 13.9. The first kappa shape index (κ1) is 22.4. The van der Waals surface area contributed by atoms with Gasteiger partial charge in [-0.2, -0.15) is 0 Å². The molecule has 33 heavy (non-hydrogen) atoms. The molecule has 0 aliphatic carbocycles. The van der Waals surface area contributed by atoms with E-state index in [4.69, 9.17) is 0 Å². The topological polar surface area (TPSA) is 106 Å². The summed E-state index contributed by atoms with van der Waals surface area (Å²) in [6, 6.07) is 12.4. The van der Waals surface area contributed by atoms with Crippen molar-refractivity contribution in [1.29, 1.82) is 0 Å². The van der Waals surface area contributed by atoms with Gasteiger partial charge in [0.05, 0.1) is 28.3 Å². The van der Waals surface area contributed by atoms with Crippen LogP contribution in [-0.2, 0) is 12.3 Å². The lowest BCUT2D eigenvalue weighted by atomic mass is 10.2. The number of aromatic amines is 1. The van der Waals surface area contributed by atoms with Crippen LogP contribution in [0.2, 0.25) is 0 Å². The monoisotopic (exact) mass is 464 g/mol. The Kier molecular flexibility index (Phi) is 6.64. The molecule has 4 rings (SSSR count). The normalized spacial score (nSPS) is 11.9. The molecule has 168 valence electrons. The fourth-order valence-corrected chi connectivity index (χ4v) is 4.17. The van der Waals surface area contributed by atoms with Crippen LogP contribution >= 0.6 is 11.8 Å². The van der Waals surface area contributed by atoms with Crippen molar-refractivity contribution in [1.82, 2.24) is 30.0 Å². The van der Waals surface area contributed by atoms with Crippen LogP contribution in [-0.4, -0.2) is 30.6 Å². The fraction of sp³-hybridized carbons (Fsp3) is 0.174. The van der Waals surface area contributed by atoms with Gasteiger partial charge in [-0.15, -0.1) is 16.8 Å². The Morgan fingerprint density at radius 1 is 1.24 bits per heavy atom. The van der Waals surface area contributed by atoms with Gasteiger partial charge in [0.2, 0.25) is 0 Å². The maximum atomic E-state index is 13.9. The Balaban J connectivity index is 1.53. The second kappa shape index (κ2) is 9.78. The van der Waals surface area contributed by atoms with Crippen LogP contribution in [0.4, 0.5) is 4.39 Å². The van der Waals surface area contributed by atoms with Crippen molar-refractivity contribution in [3.8, 4) is 0 Å². The highest BCUT2D eigenvalue weighted by Gasteiger charge is 2.21. The molecule has 1 amide bonds. The minimum Gasteiger partial charge on any atom is -0.342 e. The second-order valence-corrected chi connectivity index (χ2v) is 8.18. The van der Waals surface area contributed by atoms with Crippen molar-refractivity contribution in [2.24, 2.45) is 0 Å². The van der Waals surface area contributed by atoms with Crippen LogP contribution in [0, 0.1) is 5.82 Å². The highest BCUT2D eigenvalue weighted by Crippen LogP contribution is 2.24. The molecule has 8 nitrogen and oxygen atoms in total. The second-order valence-electron chi connectivity index (χ2n) is 7.23. The highest BCUT2D eigenvalue weighted by atomic mass is 32.2. The summed E-state index contributed by atoms with van der Waals surface area (Å²) in [5.74, 6) is 0.246. The van der Waals surface area contributed by atoms with Crippen molar-refractivity contribution < 1.29 is 9.18 Å². The van der Waals surface area contributed by atoms with Gasteiger partial charge < -0.3 is 14.9 Å². The molecule has 2 N–H and O–H groups in total. The van der Waals surface area contributed by atoms with E-state index in [2.05, 4.69) is 32.1 Å². The molecule has 0 fully saturated rings. The van der Waals surface area contributed by atoms with Crippen molar-refractivity contribution in [3.63, 3.8) is 0 Å². The number of thioether (sulfide) groups is 1. The Labute approximate surface area is 193 Å². The number of carbonyl (C=O) groups is 1. The van der Waals surface area contributed by atoms with E-state index in [1.807, 2.05) is 10.6 Å². The van der Waals surface area contributed by atoms with E-state index in [0.717, 1.165) is 0 Å². The number of allylic oxidation sites excluding steroid dienone is 1. The van der Waals surface area contributed by atoms with Crippen LogP contribution in [0.25, 0.3) is 10.9 Å². The summed E-state index contributed by atoms with van der Waals surface area (Å²) < 4.78 is 15.8. The summed E-state index contributed by atoms with van der Waals surface area (Å²) in [6.45, 7) is 5.94. The lowest BCUT2D eigenvalue weighted by Gasteiger charge is -2.15. The number of halogens is 1. The lowest BCUT2D eigenvalue weighted by Crippen LogP contribution is -2.29. The van der Waals surface area contributed by atoms with E-state index in [1.54, 1.807) is 37.3 Å². The van der Waals surface area contributed by atoms with Crippen molar-refractivity contribution in [2.75, 3.05) is 0 Å². The van der Waals surface area contributed by atoms with Gasteiger partial charge >= 0.3 is 0 Å². The molecule has 0 spiro atoms. The average Bonchev–Trinajstić information content (AvgIpc) is 3.21. The van der Waals surface area contributed by atoms with Crippen LogP contribution in [0.1, 0.15) is 35.0 Å². The molecule has 0 unspecified atom stereocenters. The van der Waals surface area contributed by atoms with Gasteiger partial charge in [-0.25, -0.2) is 9.37 Å². The SMILES string of the molecule is C=CCn1c(SCc2nc3ccccc3c(=O)[nH]2)nnc1[C@H](C)NC(=O)c1ccccc1F. The summed E-state index contributed by atoms with van der Waals surface area (Å²) in [5.41, 5.74) is 0.378. The number of amides is 1. The van der Waals surface area contributed by atoms with E-state index in [1.165, 1.54) is 30.0 Å². The molecule has 0 saturated carbocycles. The molecule has 2 aromatic carbocycles. The summed E-state index contributed by atoms with van der Waals surface area (Å²) in [7, 11) is 0. The standard InChI is InChI=1S/C23H21FN6O2S/c1-3-12-30-20(14(2)25-21(31)15-8-4-6-10-17(15)24)28-29-23(30)33-13-19-26-18-11-7-5-9-16(18)22(32)27-19/h3-11,14H,1,12-13H2,2H3,(H,25,31)(H,26,27,32)/t14-/m0/s1. The third-order valence-electron chi connectivity index (χ3n) is 4.91. The predicted molar refractivity (Wildman–Crippen MR) is 124 cm³/mol. The van der Waals surface area contributed by atoms with Crippen LogP contribution < -0.4 is 10.9 Å². The molecule has 0 aliphatic rings. The lowest BCUT2D eigenvalue weighted by molar-refractivity contribution is 0.0933. The number of carbonyl (C=O) groups excluding carboxylic acids is 1. The van der Waals surface area contributed by atoms with E-state index in [9.17, 15) is 14.0 Å². The molecule has 2 aromatic heterocycles. The van der Waals surface area contributed by atoms with Gasteiger partial charge in [-0.05, 0) is 31.2 Å². The highest BCUT2D eigenvalue weighted by molar-refractivity contribution is 7.98. The predicted octanol–water partition coefficient (Wildman–Crippen LogP) is 3.62. The van der Waals surface area contributed by atoms with Crippen molar-refractivity contribution >= 4 is 28.6 Å². The molecule has 0 aliphatic heterocycles. The Morgan fingerprint density at radius 3 is 2.79 bits per heavy atom. The number of aromatic nitrogens is 5. The van der Waals surface area contributed by atoms with Gasteiger partial charge in [-0.3, -0.25) is 9.59 Å². The number of hydrogen-bond acceptors (Lipinski definition) is 6. The van der Waals surface area contributed by atoms with Crippen molar-refractivity contribution in [3.05, 3.63) is 94.6 Å². The zero-order chi connectivity index (χ0) is 23.4. The van der Waals surface area contributed by atoms with Gasteiger partial charge in [-0.1, -0.05) is 42.1 Å². The minimum absolute atomic E-state index is 0.0416. The van der Waals surface area contributed by atoms with E-state index < -0.39 is 17.8 Å². The van der Waals surface area contributed by atoms with Gasteiger partial charge in [0, 0.05) is 6.54 Å². The first-order valence-electron chi connectivity index (χ1n) is 10.2. The largest absolute Gasteiger partial charge is 0.342 e. The summed E-state index contributed by atoms with van der Waals surface area (Å²) in [5, 5.41) is 12.3. The first-order chi connectivity index (χ1) is 16.0. The molecular formula is C23H21FN6O2S. The first-order valence-corrected chi connectivity index (χ1v) is 11.2. The molecule has 2 heterocycles. The van der Waals surface area contributed by atoms with Crippen molar-refractivity contribution in [2.45, 2.75) is 30.4 Å². The van der Waals surface area contributed by atoms with E-state index in [-0.39, 0.29) is 11.1 Å². The average molecular weight is 465 g/mol. The fourth-order valence-electron chi connectivity index (χ4n) is 3.35. The third kappa shape index (κ3) is 4.85. The Morgan fingerprint density at radius 2 is 2.00 bits per heavy atom. The Bertz CT molecular complexity index is 1380. The number of para-hydroxylation sites is 1. The van der Waals surface area contributed by atoms with Crippen LogP contribution in [0.3, 0.4) is 0 Å². The Hall–Kier alpha value is -3.79. The summed E-state index contributed by atoms with van der Waals surface area (Å²) >= 11 is 1.35. The molecule has 4 aromatic rings. The zero-order valence-electron chi connectivity index (χ0n) is 17.8. The molecule has 0 bridgehead atoms. The smallest absolute Gasteiger partial charge is 0.258 e. The van der Waals surface area contributed by atoms with Crippen LogP contribution in [0.15, 0.2) is 71.1 Å². The molecule has 0 saturated heterocycles. The molecule has 0 radical (unpaired) electrons. The van der Waals surface area contributed by atoms with Gasteiger partial charge in [0.15, 0.2) is 11.0 Å². The van der Waals surface area contributed by atoms with E-state index >= 15 is 0 Å². The van der Waals surface area contributed by atoms with Crippen LogP contribution in [0.5, 0.6) is 0 Å². The maximum Gasteiger partial charge on any atom is 0.258 e. The third-order valence-corrected chi connectivity index (χ3v) is 5.89. The van der Waals surface area contributed by atoms with Gasteiger partial charge in [0.1, 0.15) is 11.6 Å². The summed E-state index contributed by atoms with van der Waals surface area (Å²) in [4.78, 5) is 32.1. The quantitative estimate of drug-likeness (QED) is 0.305. The zero-order valence-corrected chi connectivity index (χ0v) is 18.6. The molecular weight excluding hydrogens is 443 g/mol.